The molecule has 0 atom stereocenters. The summed E-state index contributed by atoms with van der Waals surface area (Å²) in [7, 11) is 1.93. The van der Waals surface area contributed by atoms with Gasteiger partial charge in [0.1, 0.15) is 5.82 Å². The summed E-state index contributed by atoms with van der Waals surface area (Å²) in [4.78, 5) is 27.0. The summed E-state index contributed by atoms with van der Waals surface area (Å²) in [5, 5.41) is 13.4. The second-order valence-corrected chi connectivity index (χ2v) is 6.89. The van der Waals surface area contributed by atoms with Gasteiger partial charge in [0.25, 0.3) is 11.6 Å². The number of nitro benzene ring substituents is 1. The Kier molecular flexibility index (Phi) is 5.92. The third-order valence-corrected chi connectivity index (χ3v) is 4.81. The lowest BCUT2D eigenvalue weighted by Gasteiger charge is -2.35. The van der Waals surface area contributed by atoms with E-state index in [1.54, 1.807) is 0 Å². The summed E-state index contributed by atoms with van der Waals surface area (Å²) in [5.74, 6) is -2.22. The zero-order valence-corrected chi connectivity index (χ0v) is 15.9. The van der Waals surface area contributed by atoms with Crippen LogP contribution in [0, 0.1) is 15.9 Å². The van der Waals surface area contributed by atoms with Crippen molar-refractivity contribution in [3.8, 4) is 0 Å². The van der Waals surface area contributed by atoms with Crippen molar-refractivity contribution in [3.63, 3.8) is 0 Å². The van der Waals surface area contributed by atoms with E-state index < -0.39 is 34.0 Å². The minimum Gasteiger partial charge on any atom is -0.367 e. The van der Waals surface area contributed by atoms with Gasteiger partial charge < -0.3 is 15.1 Å². The van der Waals surface area contributed by atoms with Gasteiger partial charge in [-0.25, -0.2) is 4.39 Å². The molecule has 0 spiro atoms. The number of carbonyl (C=O) groups is 1. The molecule has 1 N–H and O–H groups in total. The largest absolute Gasteiger partial charge is 0.417 e. The molecule has 7 nitrogen and oxygen atoms in total. The van der Waals surface area contributed by atoms with Gasteiger partial charge in [0.15, 0.2) is 0 Å². The lowest BCUT2D eigenvalue weighted by Crippen LogP contribution is -2.44. The molecule has 3 rings (SSSR count). The number of likely N-dealkylation sites (N-methyl/N-ethyl adjacent to an activating group) is 1. The number of alkyl halides is 3. The lowest BCUT2D eigenvalue weighted by molar-refractivity contribution is -0.384. The van der Waals surface area contributed by atoms with Gasteiger partial charge in [0, 0.05) is 38.3 Å². The number of hydrogen-bond acceptors (Lipinski definition) is 5. The van der Waals surface area contributed by atoms with E-state index in [1.165, 1.54) is 12.1 Å². The van der Waals surface area contributed by atoms with Crippen LogP contribution in [0.3, 0.4) is 0 Å². The molecule has 0 radical (unpaired) electrons. The quantitative estimate of drug-likeness (QED) is 0.458. The van der Waals surface area contributed by atoms with Gasteiger partial charge in [0.2, 0.25) is 0 Å². The fourth-order valence-corrected chi connectivity index (χ4v) is 3.20. The summed E-state index contributed by atoms with van der Waals surface area (Å²) in [6.07, 6.45) is -4.87. The molecule has 1 aliphatic heterocycles. The van der Waals surface area contributed by atoms with Crippen molar-refractivity contribution in [2.45, 2.75) is 6.18 Å². The smallest absolute Gasteiger partial charge is 0.367 e. The second kappa shape index (κ2) is 8.27. The molecule has 0 saturated carbocycles. The lowest BCUT2D eigenvalue weighted by atomic mass is 10.1. The van der Waals surface area contributed by atoms with Crippen LogP contribution in [0.4, 0.5) is 34.6 Å². The first-order valence-electron chi connectivity index (χ1n) is 8.96. The Morgan fingerprint density at radius 2 is 1.77 bits per heavy atom. The average molecular weight is 426 g/mol. The zero-order valence-electron chi connectivity index (χ0n) is 15.9. The number of halogens is 4. The highest BCUT2D eigenvalue weighted by Crippen LogP contribution is 2.35. The Balaban J connectivity index is 1.99. The summed E-state index contributed by atoms with van der Waals surface area (Å²) in [5.41, 5.74) is -2.12. The molecule has 1 fully saturated rings. The topological polar surface area (TPSA) is 78.7 Å². The maximum absolute atomic E-state index is 13.6. The number of anilines is 2. The van der Waals surface area contributed by atoms with E-state index in [4.69, 9.17) is 0 Å². The van der Waals surface area contributed by atoms with Crippen LogP contribution < -0.4 is 10.2 Å². The maximum Gasteiger partial charge on any atom is 0.417 e. The van der Waals surface area contributed by atoms with E-state index in [0.717, 1.165) is 6.07 Å². The van der Waals surface area contributed by atoms with Gasteiger partial charge in [-0.05, 0) is 31.3 Å². The van der Waals surface area contributed by atoms with Gasteiger partial charge in [-0.3, -0.25) is 14.9 Å². The molecule has 11 heteroatoms. The highest BCUT2D eigenvalue weighted by molar-refractivity contribution is 6.07. The van der Waals surface area contributed by atoms with Crippen molar-refractivity contribution in [1.82, 2.24) is 4.90 Å². The van der Waals surface area contributed by atoms with Crippen LogP contribution in [0.5, 0.6) is 0 Å². The molecule has 1 saturated heterocycles. The number of rotatable bonds is 4. The highest BCUT2D eigenvalue weighted by atomic mass is 19.4. The molecule has 0 aliphatic carbocycles. The first-order valence-corrected chi connectivity index (χ1v) is 8.96. The number of carbonyl (C=O) groups excluding carboxylic acids is 1. The van der Waals surface area contributed by atoms with E-state index in [1.807, 2.05) is 11.9 Å². The van der Waals surface area contributed by atoms with Crippen molar-refractivity contribution in [3.05, 3.63) is 63.5 Å². The maximum atomic E-state index is 13.6. The number of nitrogens with one attached hydrogen (secondary N) is 1. The predicted molar refractivity (Wildman–Crippen MR) is 102 cm³/mol. The summed E-state index contributed by atoms with van der Waals surface area (Å²) < 4.78 is 53.3. The van der Waals surface area contributed by atoms with Gasteiger partial charge >= 0.3 is 6.18 Å². The number of nitrogens with zero attached hydrogens (tertiary/aromatic N) is 3. The van der Waals surface area contributed by atoms with Gasteiger partial charge in [-0.15, -0.1) is 0 Å². The highest BCUT2D eigenvalue weighted by Gasteiger charge is 2.35. The molecule has 2 aromatic carbocycles. The minimum absolute atomic E-state index is 0.0175. The first kappa shape index (κ1) is 21.5. The molecule has 0 bridgehead atoms. The van der Waals surface area contributed by atoms with Crippen LogP contribution >= 0.6 is 0 Å². The molecule has 30 heavy (non-hydrogen) atoms. The molecular weight excluding hydrogens is 408 g/mol. The second-order valence-electron chi connectivity index (χ2n) is 6.89. The fourth-order valence-electron chi connectivity index (χ4n) is 3.20. The fraction of sp³-hybridized carbons (Fsp3) is 0.316. The van der Waals surface area contributed by atoms with E-state index >= 15 is 0 Å². The monoisotopic (exact) mass is 426 g/mol. The van der Waals surface area contributed by atoms with Gasteiger partial charge in [-0.1, -0.05) is 0 Å². The Hall–Kier alpha value is -3.21. The average Bonchev–Trinajstić information content (AvgIpc) is 2.67. The van der Waals surface area contributed by atoms with E-state index in [0.29, 0.717) is 50.1 Å². The molecule has 1 amide bonds. The first-order chi connectivity index (χ1) is 14.1. The van der Waals surface area contributed by atoms with Gasteiger partial charge in [0.05, 0.1) is 27.4 Å². The Labute approximate surface area is 169 Å². The number of benzene rings is 2. The molecule has 0 aromatic heterocycles. The van der Waals surface area contributed by atoms with Crippen LogP contribution in [0.25, 0.3) is 0 Å². The van der Waals surface area contributed by atoms with Crippen LogP contribution in [-0.4, -0.2) is 49.0 Å². The van der Waals surface area contributed by atoms with Crippen molar-refractivity contribution < 1.29 is 27.3 Å². The number of amides is 1. The molecule has 160 valence electrons. The van der Waals surface area contributed by atoms with Crippen molar-refractivity contribution in [2.24, 2.45) is 0 Å². The number of nitro groups is 1. The van der Waals surface area contributed by atoms with Crippen LogP contribution in [0.1, 0.15) is 15.9 Å². The number of piperazine rings is 1. The summed E-state index contributed by atoms with van der Waals surface area (Å²) in [6.45, 7) is 2.52. The number of hydrogen-bond donors (Lipinski definition) is 1. The van der Waals surface area contributed by atoms with Crippen LogP contribution in [0.2, 0.25) is 0 Å². The van der Waals surface area contributed by atoms with E-state index in [9.17, 15) is 32.5 Å². The van der Waals surface area contributed by atoms with Gasteiger partial charge in [-0.2, -0.15) is 13.2 Å². The third-order valence-electron chi connectivity index (χ3n) is 4.81. The molecular formula is C19H18F4N4O3. The Bertz CT molecular complexity index is 973. The standard InChI is InChI=1S/C19H18F4N4O3/c1-25-6-8-26(9-7-25)17-5-3-13(27(29)30)11-16(17)24-18(28)14-10-12(20)2-4-15(14)19(21,22)23/h2-5,10-11H,6-9H2,1H3,(H,24,28). The predicted octanol–water partition coefficient (Wildman–Crippen LogP) is 3.76. The normalized spacial score (nSPS) is 15.2. The molecule has 1 heterocycles. The molecule has 1 aliphatic rings. The van der Waals surface area contributed by atoms with Crippen molar-refractivity contribution in [1.29, 1.82) is 0 Å². The van der Waals surface area contributed by atoms with Crippen LogP contribution in [-0.2, 0) is 6.18 Å². The third kappa shape index (κ3) is 4.67. The molecule has 0 unspecified atom stereocenters. The Morgan fingerprint density at radius 3 is 2.37 bits per heavy atom. The minimum atomic E-state index is -4.87. The SMILES string of the molecule is CN1CCN(c2ccc([N+](=O)[O-])cc2NC(=O)c2cc(F)ccc2C(F)(F)F)CC1. The van der Waals surface area contributed by atoms with E-state index in [2.05, 4.69) is 10.2 Å². The number of non-ortho nitro benzene ring substituents is 1. The van der Waals surface area contributed by atoms with Crippen LogP contribution in [0.15, 0.2) is 36.4 Å². The zero-order chi connectivity index (χ0) is 22.1. The Morgan fingerprint density at radius 1 is 1.10 bits per heavy atom. The van der Waals surface area contributed by atoms with Crippen molar-refractivity contribution >= 4 is 23.0 Å². The summed E-state index contributed by atoms with van der Waals surface area (Å²) >= 11 is 0. The molecule has 2 aromatic rings. The van der Waals surface area contributed by atoms with Crippen molar-refractivity contribution in [2.75, 3.05) is 43.4 Å². The van der Waals surface area contributed by atoms with E-state index in [-0.39, 0.29) is 11.4 Å². The summed E-state index contributed by atoms with van der Waals surface area (Å²) in [6, 6.07) is 5.37.